The average molecular weight is 282 g/mol. The Labute approximate surface area is 97.4 Å². The molecule has 0 bridgehead atoms. The Balaban J connectivity index is 2.73. The molecule has 0 aliphatic rings. The van der Waals surface area contributed by atoms with E-state index in [4.69, 9.17) is 23.2 Å². The summed E-state index contributed by atoms with van der Waals surface area (Å²) in [7, 11) is 0. The molecule has 0 aliphatic heterocycles. The van der Waals surface area contributed by atoms with Gasteiger partial charge < -0.3 is 0 Å². The minimum absolute atomic E-state index is 0.622. The summed E-state index contributed by atoms with van der Waals surface area (Å²) in [6.07, 6.45) is 1.03. The second kappa shape index (κ2) is 5.23. The van der Waals surface area contributed by atoms with Crippen molar-refractivity contribution < 1.29 is 0 Å². The normalized spacial score (nSPS) is 12.9. The van der Waals surface area contributed by atoms with Gasteiger partial charge in [-0.3, -0.25) is 0 Å². The van der Waals surface area contributed by atoms with Crippen molar-refractivity contribution in [2.45, 2.75) is 13.3 Å². The van der Waals surface area contributed by atoms with Crippen molar-refractivity contribution >= 4 is 39.1 Å². The third-order valence-corrected chi connectivity index (χ3v) is 3.68. The molecule has 1 unspecified atom stereocenters. The van der Waals surface area contributed by atoms with E-state index in [1.807, 2.05) is 18.2 Å². The van der Waals surface area contributed by atoms with Crippen LogP contribution in [0.3, 0.4) is 0 Å². The van der Waals surface area contributed by atoms with E-state index in [1.54, 1.807) is 0 Å². The highest BCUT2D eigenvalue weighted by atomic mass is 79.9. The molecular formula is C10H11BrCl2. The molecule has 13 heavy (non-hydrogen) atoms. The maximum Gasteiger partial charge on any atom is 0.0595 e. The van der Waals surface area contributed by atoms with Crippen LogP contribution in [0.15, 0.2) is 18.2 Å². The predicted molar refractivity (Wildman–Crippen MR) is 63.1 cm³/mol. The van der Waals surface area contributed by atoms with E-state index < -0.39 is 0 Å². The molecular weight excluding hydrogens is 271 g/mol. The van der Waals surface area contributed by atoms with Gasteiger partial charge >= 0.3 is 0 Å². The maximum absolute atomic E-state index is 5.90. The molecule has 1 aromatic rings. The molecule has 72 valence electrons. The Hall–Kier alpha value is 0.280. The highest BCUT2D eigenvalue weighted by Crippen LogP contribution is 2.24. The fourth-order valence-electron chi connectivity index (χ4n) is 1.12. The van der Waals surface area contributed by atoms with Crippen LogP contribution in [-0.2, 0) is 6.42 Å². The summed E-state index contributed by atoms with van der Waals surface area (Å²) in [5.74, 6) is 0.622. The largest absolute Gasteiger partial charge is 0.0925 e. The van der Waals surface area contributed by atoms with Gasteiger partial charge in [0.15, 0.2) is 0 Å². The van der Waals surface area contributed by atoms with Crippen LogP contribution in [0.4, 0.5) is 0 Å². The molecule has 0 fully saturated rings. The lowest BCUT2D eigenvalue weighted by Crippen LogP contribution is -2.00. The fourth-order valence-corrected chi connectivity index (χ4v) is 1.67. The predicted octanol–water partition coefficient (Wildman–Crippen LogP) is 4.57. The third kappa shape index (κ3) is 3.49. The molecule has 1 rings (SSSR count). The molecule has 3 heteroatoms. The van der Waals surface area contributed by atoms with Crippen LogP contribution in [0.5, 0.6) is 0 Å². The monoisotopic (exact) mass is 280 g/mol. The van der Waals surface area contributed by atoms with Crippen LogP contribution in [0.25, 0.3) is 0 Å². The van der Waals surface area contributed by atoms with E-state index in [0.29, 0.717) is 16.0 Å². The van der Waals surface area contributed by atoms with Crippen molar-refractivity contribution in [3.05, 3.63) is 33.8 Å². The Morgan fingerprint density at radius 1 is 1.31 bits per heavy atom. The molecule has 0 amide bonds. The van der Waals surface area contributed by atoms with E-state index >= 15 is 0 Å². The number of hydrogen-bond donors (Lipinski definition) is 0. The zero-order chi connectivity index (χ0) is 9.84. The van der Waals surface area contributed by atoms with Gasteiger partial charge in [-0.05, 0) is 30.0 Å². The molecule has 0 aliphatic carbocycles. The van der Waals surface area contributed by atoms with Gasteiger partial charge in [0.1, 0.15) is 0 Å². The molecule has 0 spiro atoms. The number of benzene rings is 1. The van der Waals surface area contributed by atoms with Crippen LogP contribution in [-0.4, -0.2) is 5.33 Å². The highest BCUT2D eigenvalue weighted by Gasteiger charge is 2.03. The number of alkyl halides is 1. The summed E-state index contributed by atoms with van der Waals surface area (Å²) in [4.78, 5) is 0. The van der Waals surface area contributed by atoms with Crippen LogP contribution in [0.1, 0.15) is 12.5 Å². The summed E-state index contributed by atoms with van der Waals surface area (Å²) in [6.45, 7) is 2.19. The first-order valence-corrected chi connectivity index (χ1v) is 6.01. The van der Waals surface area contributed by atoms with Crippen molar-refractivity contribution in [3.8, 4) is 0 Å². The lowest BCUT2D eigenvalue weighted by atomic mass is 10.0. The van der Waals surface area contributed by atoms with Crippen molar-refractivity contribution in [2.75, 3.05) is 5.33 Å². The Morgan fingerprint density at radius 3 is 2.54 bits per heavy atom. The third-order valence-electron chi connectivity index (χ3n) is 1.83. The molecule has 1 atom stereocenters. The van der Waals surface area contributed by atoms with Gasteiger partial charge in [0.05, 0.1) is 10.0 Å². The molecule has 0 aromatic heterocycles. The Morgan fingerprint density at radius 2 is 2.00 bits per heavy atom. The van der Waals surface area contributed by atoms with Gasteiger partial charge in [0, 0.05) is 5.33 Å². The number of halogens is 3. The highest BCUT2D eigenvalue weighted by molar-refractivity contribution is 9.09. The molecule has 0 saturated heterocycles. The smallest absolute Gasteiger partial charge is 0.0595 e. The summed E-state index contributed by atoms with van der Waals surface area (Å²) in [5, 5.41) is 2.27. The van der Waals surface area contributed by atoms with Gasteiger partial charge in [-0.1, -0.05) is 52.1 Å². The van der Waals surface area contributed by atoms with Crippen LogP contribution in [0, 0.1) is 5.92 Å². The van der Waals surface area contributed by atoms with E-state index in [0.717, 1.165) is 11.8 Å². The van der Waals surface area contributed by atoms with Crippen molar-refractivity contribution in [2.24, 2.45) is 5.92 Å². The van der Waals surface area contributed by atoms with Crippen LogP contribution >= 0.6 is 39.1 Å². The first-order chi connectivity index (χ1) is 6.13. The van der Waals surface area contributed by atoms with Gasteiger partial charge in [-0.25, -0.2) is 0 Å². The van der Waals surface area contributed by atoms with Crippen LogP contribution in [0.2, 0.25) is 10.0 Å². The van der Waals surface area contributed by atoms with Crippen molar-refractivity contribution in [1.82, 2.24) is 0 Å². The van der Waals surface area contributed by atoms with E-state index in [1.165, 1.54) is 5.56 Å². The van der Waals surface area contributed by atoms with Gasteiger partial charge in [-0.15, -0.1) is 0 Å². The van der Waals surface area contributed by atoms with E-state index in [-0.39, 0.29) is 0 Å². The van der Waals surface area contributed by atoms with Gasteiger partial charge in [0.25, 0.3) is 0 Å². The summed E-state index contributed by atoms with van der Waals surface area (Å²) in [6, 6.07) is 5.80. The van der Waals surface area contributed by atoms with Crippen molar-refractivity contribution in [3.63, 3.8) is 0 Å². The zero-order valence-corrected chi connectivity index (χ0v) is 10.5. The molecule has 0 nitrogen and oxygen atoms in total. The number of rotatable bonds is 3. The average Bonchev–Trinajstić information content (AvgIpc) is 2.11. The quantitative estimate of drug-likeness (QED) is 0.712. The number of hydrogen-bond acceptors (Lipinski definition) is 0. The molecule has 0 heterocycles. The first-order valence-electron chi connectivity index (χ1n) is 4.13. The minimum Gasteiger partial charge on any atom is -0.0925 e. The fraction of sp³-hybridized carbons (Fsp3) is 0.400. The topological polar surface area (TPSA) is 0 Å². The second-order valence-electron chi connectivity index (χ2n) is 3.21. The summed E-state index contributed by atoms with van der Waals surface area (Å²) >= 11 is 15.2. The standard InChI is InChI=1S/C10H11BrCl2/c1-7(6-11)4-8-2-3-9(12)10(13)5-8/h2-3,5,7H,4,6H2,1H3. The second-order valence-corrected chi connectivity index (χ2v) is 4.67. The molecule has 0 saturated carbocycles. The van der Waals surface area contributed by atoms with Gasteiger partial charge in [-0.2, -0.15) is 0 Å². The lowest BCUT2D eigenvalue weighted by molar-refractivity contribution is 0.663. The lowest BCUT2D eigenvalue weighted by Gasteiger charge is -2.07. The molecule has 1 aromatic carbocycles. The Kier molecular flexibility index (Phi) is 4.57. The zero-order valence-electron chi connectivity index (χ0n) is 7.36. The van der Waals surface area contributed by atoms with E-state index in [9.17, 15) is 0 Å². The summed E-state index contributed by atoms with van der Waals surface area (Å²) < 4.78 is 0. The maximum atomic E-state index is 5.90. The van der Waals surface area contributed by atoms with Crippen LogP contribution < -0.4 is 0 Å². The molecule has 0 N–H and O–H groups in total. The SMILES string of the molecule is CC(CBr)Cc1ccc(Cl)c(Cl)c1. The van der Waals surface area contributed by atoms with E-state index in [2.05, 4.69) is 22.9 Å². The first kappa shape index (κ1) is 11.4. The van der Waals surface area contributed by atoms with Gasteiger partial charge in [0.2, 0.25) is 0 Å². The van der Waals surface area contributed by atoms with Crippen molar-refractivity contribution in [1.29, 1.82) is 0 Å². The summed E-state index contributed by atoms with van der Waals surface area (Å²) in [5.41, 5.74) is 1.24. The molecule has 0 radical (unpaired) electrons. The Bertz CT molecular complexity index is 286. The minimum atomic E-state index is 0.622.